The smallest absolute Gasteiger partial charge is 0.193 e. The van der Waals surface area contributed by atoms with E-state index in [-0.39, 0.29) is 35.3 Å². The average molecular weight is 466 g/mol. The predicted octanol–water partition coefficient (Wildman–Crippen LogP) is 2.89. The van der Waals surface area contributed by atoms with E-state index in [2.05, 4.69) is 34.2 Å². The van der Waals surface area contributed by atoms with Crippen molar-refractivity contribution in [2.45, 2.75) is 18.5 Å². The number of hydrogen-bond donors (Lipinski definition) is 1. The number of aliphatic imine (C=N–C) groups is 1. The molecule has 136 valence electrons. The number of rotatable bonds is 5. The first-order valence-corrected chi connectivity index (χ1v) is 9.04. The molecule has 4 nitrogen and oxygen atoms in total. The highest BCUT2D eigenvalue weighted by atomic mass is 127. The number of nitrogens with one attached hydrogen (secondary N) is 1. The summed E-state index contributed by atoms with van der Waals surface area (Å²) in [6.45, 7) is 1.58. The van der Waals surface area contributed by atoms with Gasteiger partial charge >= 0.3 is 0 Å². The van der Waals surface area contributed by atoms with Crippen molar-refractivity contribution >= 4 is 41.7 Å². The van der Waals surface area contributed by atoms with Crippen LogP contribution in [0.2, 0.25) is 0 Å². The zero-order chi connectivity index (χ0) is 16.9. The molecule has 2 rings (SSSR count). The lowest BCUT2D eigenvalue weighted by atomic mass is 9.97. The molecule has 0 amide bonds. The van der Waals surface area contributed by atoms with Crippen molar-refractivity contribution in [3.05, 3.63) is 35.6 Å². The van der Waals surface area contributed by atoms with Crippen LogP contribution in [-0.2, 0) is 6.54 Å². The van der Waals surface area contributed by atoms with Crippen LogP contribution in [0.15, 0.2) is 29.3 Å². The molecule has 0 radical (unpaired) electrons. The molecule has 0 spiro atoms. The second-order valence-corrected chi connectivity index (χ2v) is 7.41. The molecule has 1 heterocycles. The Labute approximate surface area is 166 Å². The Morgan fingerprint density at radius 3 is 2.46 bits per heavy atom. The first-order valence-electron chi connectivity index (χ1n) is 7.88. The van der Waals surface area contributed by atoms with Crippen LogP contribution < -0.4 is 5.32 Å². The van der Waals surface area contributed by atoms with Gasteiger partial charge in [0.15, 0.2) is 5.96 Å². The van der Waals surface area contributed by atoms with E-state index in [4.69, 9.17) is 0 Å². The highest BCUT2D eigenvalue weighted by Gasteiger charge is 2.36. The number of thioether (sulfide) groups is 1. The van der Waals surface area contributed by atoms with E-state index in [1.165, 1.54) is 24.3 Å². The second kappa shape index (κ2) is 9.82. The minimum absolute atomic E-state index is 0. The predicted molar refractivity (Wildman–Crippen MR) is 113 cm³/mol. The first-order chi connectivity index (χ1) is 11.0. The highest BCUT2D eigenvalue weighted by molar-refractivity contribution is 14.0. The van der Waals surface area contributed by atoms with Gasteiger partial charge in [0.05, 0.1) is 0 Å². The summed E-state index contributed by atoms with van der Waals surface area (Å²) in [5.41, 5.74) is 1.26. The molecule has 1 atom stereocenters. The molecule has 1 aliphatic heterocycles. The molecule has 0 bridgehead atoms. The lowest BCUT2D eigenvalue weighted by Crippen LogP contribution is -2.54. The van der Waals surface area contributed by atoms with E-state index < -0.39 is 0 Å². The van der Waals surface area contributed by atoms with E-state index in [0.717, 1.165) is 23.8 Å². The summed E-state index contributed by atoms with van der Waals surface area (Å²) in [6.07, 6.45) is 1.19. The number of nitrogens with zero attached hydrogens (tertiary/aromatic N) is 3. The second-order valence-electron chi connectivity index (χ2n) is 6.30. The summed E-state index contributed by atoms with van der Waals surface area (Å²) in [5.74, 6) is 3.02. The zero-order valence-electron chi connectivity index (χ0n) is 14.9. The van der Waals surface area contributed by atoms with Crippen LogP contribution in [-0.4, -0.2) is 67.5 Å². The van der Waals surface area contributed by atoms with Crippen LogP contribution in [0.3, 0.4) is 0 Å². The van der Waals surface area contributed by atoms with Gasteiger partial charge in [-0.15, -0.1) is 24.0 Å². The molecule has 1 fully saturated rings. The van der Waals surface area contributed by atoms with Gasteiger partial charge < -0.3 is 15.1 Å². The molecule has 1 N–H and O–H groups in total. The van der Waals surface area contributed by atoms with Crippen molar-refractivity contribution < 1.29 is 4.39 Å². The molecule has 0 aliphatic carbocycles. The number of likely N-dealkylation sites (N-methyl/N-ethyl adjacent to an activating group) is 1. The van der Waals surface area contributed by atoms with Gasteiger partial charge in [-0.2, -0.15) is 11.8 Å². The number of guanidine groups is 1. The standard InChI is InChI=1S/C17H27FN4S.HI/c1-19-16(20-12-17(21(2)3)9-10-23-13-17)22(4)11-14-5-7-15(18)8-6-14;/h5-8H,9-13H2,1-4H3,(H,19,20);1H. The van der Waals surface area contributed by atoms with Crippen molar-refractivity contribution in [2.24, 2.45) is 4.99 Å². The zero-order valence-corrected chi connectivity index (χ0v) is 18.0. The van der Waals surface area contributed by atoms with Crippen molar-refractivity contribution in [1.29, 1.82) is 0 Å². The fraction of sp³-hybridized carbons (Fsp3) is 0.588. The van der Waals surface area contributed by atoms with Gasteiger partial charge in [-0.3, -0.25) is 4.99 Å². The van der Waals surface area contributed by atoms with Gasteiger partial charge in [0.1, 0.15) is 5.82 Å². The number of hydrogen-bond acceptors (Lipinski definition) is 3. The van der Waals surface area contributed by atoms with Gasteiger partial charge in [-0.1, -0.05) is 12.1 Å². The monoisotopic (exact) mass is 466 g/mol. The molecule has 0 aromatic heterocycles. The molecule has 0 saturated carbocycles. The van der Waals surface area contributed by atoms with E-state index in [9.17, 15) is 4.39 Å². The van der Waals surface area contributed by atoms with Gasteiger partial charge in [0, 0.05) is 38.5 Å². The SMILES string of the molecule is CN=C(NCC1(N(C)C)CCSC1)N(C)Cc1ccc(F)cc1.I. The van der Waals surface area contributed by atoms with Crippen molar-refractivity contribution in [1.82, 2.24) is 15.1 Å². The van der Waals surface area contributed by atoms with Crippen LogP contribution in [0.4, 0.5) is 4.39 Å². The van der Waals surface area contributed by atoms with Crippen LogP contribution in [0.25, 0.3) is 0 Å². The Morgan fingerprint density at radius 1 is 1.29 bits per heavy atom. The van der Waals surface area contributed by atoms with Crippen molar-refractivity contribution in [3.63, 3.8) is 0 Å². The van der Waals surface area contributed by atoms with Gasteiger partial charge in [0.2, 0.25) is 0 Å². The minimum Gasteiger partial charge on any atom is -0.354 e. The summed E-state index contributed by atoms with van der Waals surface area (Å²) in [6, 6.07) is 6.62. The Balaban J connectivity index is 0.00000288. The summed E-state index contributed by atoms with van der Waals surface area (Å²) >= 11 is 2.01. The van der Waals surface area contributed by atoms with E-state index >= 15 is 0 Å². The van der Waals surface area contributed by atoms with Crippen LogP contribution in [0.5, 0.6) is 0 Å². The minimum atomic E-state index is -0.203. The molecule has 1 saturated heterocycles. The maximum Gasteiger partial charge on any atom is 0.193 e. The number of halogens is 2. The van der Waals surface area contributed by atoms with Crippen LogP contribution in [0, 0.1) is 5.82 Å². The molecule has 1 aliphatic rings. The van der Waals surface area contributed by atoms with Gasteiger partial charge in [-0.25, -0.2) is 4.39 Å². The van der Waals surface area contributed by atoms with Crippen molar-refractivity contribution in [3.8, 4) is 0 Å². The van der Waals surface area contributed by atoms with Crippen LogP contribution >= 0.6 is 35.7 Å². The lowest BCUT2D eigenvalue weighted by Gasteiger charge is -2.37. The highest BCUT2D eigenvalue weighted by Crippen LogP contribution is 2.31. The molecule has 1 aromatic carbocycles. The molecular weight excluding hydrogens is 438 g/mol. The normalized spacial score (nSPS) is 20.8. The van der Waals surface area contributed by atoms with E-state index in [1.54, 1.807) is 7.05 Å². The van der Waals surface area contributed by atoms with Gasteiger partial charge in [0.25, 0.3) is 0 Å². The Kier molecular flexibility index (Phi) is 8.80. The fourth-order valence-electron chi connectivity index (χ4n) is 2.81. The summed E-state index contributed by atoms with van der Waals surface area (Å²) in [5, 5.41) is 3.51. The third kappa shape index (κ3) is 5.49. The summed E-state index contributed by atoms with van der Waals surface area (Å²) in [7, 11) is 8.11. The molecule has 7 heteroatoms. The summed E-state index contributed by atoms with van der Waals surface area (Å²) < 4.78 is 13.0. The molecule has 1 aromatic rings. The Morgan fingerprint density at radius 2 is 1.96 bits per heavy atom. The topological polar surface area (TPSA) is 30.9 Å². The fourth-order valence-corrected chi connectivity index (χ4v) is 4.37. The average Bonchev–Trinajstić information content (AvgIpc) is 3.00. The third-order valence-corrected chi connectivity index (χ3v) is 5.75. The molecular formula is C17H28FIN4S. The molecule has 24 heavy (non-hydrogen) atoms. The first kappa shape index (κ1) is 21.5. The maximum absolute atomic E-state index is 13.0. The quantitative estimate of drug-likeness (QED) is 0.411. The van der Waals surface area contributed by atoms with Crippen molar-refractivity contribution in [2.75, 3.05) is 46.2 Å². The van der Waals surface area contributed by atoms with Crippen LogP contribution in [0.1, 0.15) is 12.0 Å². The lowest BCUT2D eigenvalue weighted by molar-refractivity contribution is 0.181. The Bertz CT molecular complexity index is 530. The van der Waals surface area contributed by atoms with E-state index in [0.29, 0.717) is 6.54 Å². The molecule has 1 unspecified atom stereocenters. The van der Waals surface area contributed by atoms with Gasteiger partial charge in [-0.05, 0) is 44.0 Å². The third-order valence-electron chi connectivity index (χ3n) is 4.51. The summed E-state index contributed by atoms with van der Waals surface area (Å²) in [4.78, 5) is 8.78. The largest absolute Gasteiger partial charge is 0.354 e. The Hall–Kier alpha value is -0.540. The maximum atomic E-state index is 13.0. The number of benzene rings is 1. The van der Waals surface area contributed by atoms with E-state index in [1.807, 2.05) is 30.9 Å².